The van der Waals surface area contributed by atoms with Crippen LogP contribution < -0.4 is 9.13 Å². The highest BCUT2D eigenvalue weighted by Gasteiger charge is 2.46. The van der Waals surface area contributed by atoms with Gasteiger partial charge < -0.3 is 0 Å². The van der Waals surface area contributed by atoms with E-state index in [0.29, 0.717) is 6.42 Å². The Hall–Kier alpha value is -4.37. The first-order valence-corrected chi connectivity index (χ1v) is 12.9. The molecule has 0 saturated heterocycles. The van der Waals surface area contributed by atoms with Gasteiger partial charge in [0.15, 0.2) is 12.4 Å². The van der Waals surface area contributed by atoms with Gasteiger partial charge in [-0.2, -0.15) is 9.13 Å². The summed E-state index contributed by atoms with van der Waals surface area (Å²) in [5.74, 6) is 0.0266. The van der Waals surface area contributed by atoms with Gasteiger partial charge in [-0.05, 0) is 60.4 Å². The Balaban J connectivity index is 1.50. The zero-order valence-corrected chi connectivity index (χ0v) is 20.5. The number of hydrogen-bond acceptors (Lipinski definition) is 0. The number of nitrogens with zero attached hydrogens (tertiary/aromatic N) is 2. The van der Waals surface area contributed by atoms with Crippen LogP contribution in [0, 0.1) is 5.82 Å². The molecule has 0 bridgehead atoms. The molecule has 2 nitrogen and oxygen atoms in total. The molecular formula is C34H27FN2+2. The van der Waals surface area contributed by atoms with E-state index in [4.69, 9.17) is 6.58 Å². The topological polar surface area (TPSA) is 7.76 Å². The van der Waals surface area contributed by atoms with Crippen molar-refractivity contribution in [3.63, 3.8) is 0 Å². The van der Waals surface area contributed by atoms with Crippen LogP contribution in [0.5, 0.6) is 0 Å². The van der Waals surface area contributed by atoms with E-state index in [-0.39, 0.29) is 17.8 Å². The normalized spacial score (nSPS) is 17.7. The summed E-state index contributed by atoms with van der Waals surface area (Å²) in [7, 11) is 0. The van der Waals surface area contributed by atoms with Crippen molar-refractivity contribution in [1.29, 1.82) is 0 Å². The van der Waals surface area contributed by atoms with Gasteiger partial charge in [0.25, 0.3) is 0 Å². The molecule has 2 aliphatic rings. The summed E-state index contributed by atoms with van der Waals surface area (Å²) >= 11 is 0. The first-order valence-electron chi connectivity index (χ1n) is 12.9. The largest absolute Gasteiger partial charge is 0.249 e. The lowest BCUT2D eigenvalue weighted by Gasteiger charge is -2.29. The van der Waals surface area contributed by atoms with E-state index in [1.165, 1.54) is 16.8 Å². The molecule has 3 aromatic carbocycles. The number of fused-ring (bicyclic) bond motifs is 9. The van der Waals surface area contributed by atoms with Crippen LogP contribution in [0.4, 0.5) is 4.39 Å². The van der Waals surface area contributed by atoms with Crippen molar-refractivity contribution >= 4 is 5.70 Å². The fourth-order valence-corrected chi connectivity index (χ4v) is 6.31. The molecule has 0 spiro atoms. The zero-order valence-electron chi connectivity index (χ0n) is 20.5. The van der Waals surface area contributed by atoms with Crippen LogP contribution in [-0.4, -0.2) is 0 Å². The maximum absolute atomic E-state index is 15.5. The number of hydrogen-bond donors (Lipinski definition) is 0. The van der Waals surface area contributed by atoms with Crippen LogP contribution >= 0.6 is 0 Å². The molecular weight excluding hydrogens is 455 g/mol. The summed E-state index contributed by atoms with van der Waals surface area (Å²) in [6, 6.07) is 35.2. The average Bonchev–Trinajstić information content (AvgIpc) is 3.00. The van der Waals surface area contributed by atoms with Gasteiger partial charge in [0.05, 0.1) is 11.5 Å². The predicted octanol–water partition coefficient (Wildman–Crippen LogP) is 7.16. The SMILES string of the molecule is C=C1C2C(CCc3c(F)cccc3-c3cc(-c4ccccc4)cc[n+]31)c1ccccc1-c1cccc[n+]12. The highest BCUT2D eigenvalue weighted by molar-refractivity contribution is 5.72. The number of aromatic nitrogens is 2. The summed E-state index contributed by atoms with van der Waals surface area (Å²) in [5.41, 5.74) is 9.65. The zero-order chi connectivity index (χ0) is 24.9. The Morgan fingerprint density at radius 2 is 1.49 bits per heavy atom. The van der Waals surface area contributed by atoms with Crippen molar-refractivity contribution in [2.24, 2.45) is 0 Å². The van der Waals surface area contributed by atoms with Crippen LogP contribution in [0.2, 0.25) is 0 Å². The summed E-state index contributed by atoms with van der Waals surface area (Å²) in [6.07, 6.45) is 5.76. The quantitative estimate of drug-likeness (QED) is 0.224. The minimum absolute atomic E-state index is 0.00907. The van der Waals surface area contributed by atoms with Crippen molar-refractivity contribution in [3.05, 3.63) is 139 Å². The summed E-state index contributed by atoms with van der Waals surface area (Å²) in [5, 5.41) is 0. The van der Waals surface area contributed by atoms with Crippen molar-refractivity contribution in [2.45, 2.75) is 24.8 Å². The van der Waals surface area contributed by atoms with Gasteiger partial charge in [0.2, 0.25) is 23.1 Å². The van der Waals surface area contributed by atoms with Crippen LogP contribution in [-0.2, 0) is 6.42 Å². The third-order valence-corrected chi connectivity index (χ3v) is 8.02. The molecule has 2 aliphatic heterocycles. The van der Waals surface area contributed by atoms with Crippen LogP contribution in [0.3, 0.4) is 0 Å². The molecule has 3 heteroatoms. The molecule has 2 atom stereocenters. The fourth-order valence-electron chi connectivity index (χ4n) is 6.31. The van der Waals surface area contributed by atoms with E-state index >= 15 is 4.39 Å². The Bertz CT molecular complexity index is 1670. The molecule has 0 N–H and O–H groups in total. The molecule has 0 saturated carbocycles. The van der Waals surface area contributed by atoms with E-state index in [1.807, 2.05) is 12.1 Å². The summed E-state index contributed by atoms with van der Waals surface area (Å²) in [4.78, 5) is 0. The molecule has 0 aliphatic carbocycles. The predicted molar refractivity (Wildman–Crippen MR) is 145 cm³/mol. The highest BCUT2D eigenvalue weighted by atomic mass is 19.1. The van der Waals surface area contributed by atoms with E-state index in [0.717, 1.165) is 40.1 Å². The number of rotatable bonds is 1. The number of allylic oxidation sites excluding steroid dienone is 1. The molecule has 2 unspecified atom stereocenters. The van der Waals surface area contributed by atoms with Gasteiger partial charge in [-0.3, -0.25) is 0 Å². The molecule has 178 valence electrons. The van der Waals surface area contributed by atoms with E-state index < -0.39 is 0 Å². The Morgan fingerprint density at radius 3 is 2.38 bits per heavy atom. The molecule has 5 aromatic rings. The summed E-state index contributed by atoms with van der Waals surface area (Å²) < 4.78 is 20.0. The lowest BCUT2D eigenvalue weighted by molar-refractivity contribution is -0.727. The Kier molecular flexibility index (Phi) is 5.10. The number of pyridine rings is 2. The number of benzene rings is 3. The highest BCUT2D eigenvalue weighted by Crippen LogP contribution is 2.45. The first kappa shape index (κ1) is 21.9. The smallest absolute Gasteiger partial charge is 0.207 e. The van der Waals surface area contributed by atoms with Crippen molar-refractivity contribution in [1.82, 2.24) is 0 Å². The van der Waals surface area contributed by atoms with Crippen LogP contribution in [0.1, 0.15) is 29.5 Å². The lowest BCUT2D eigenvalue weighted by Crippen LogP contribution is -2.53. The molecule has 2 aromatic heterocycles. The Labute approximate surface area is 216 Å². The fraction of sp³-hybridized carbons (Fsp3) is 0.118. The molecule has 37 heavy (non-hydrogen) atoms. The number of halogens is 1. The molecule has 7 rings (SSSR count). The maximum Gasteiger partial charge on any atom is 0.249 e. The van der Waals surface area contributed by atoms with Gasteiger partial charge in [-0.25, -0.2) is 4.39 Å². The van der Waals surface area contributed by atoms with Crippen molar-refractivity contribution in [2.75, 3.05) is 0 Å². The van der Waals surface area contributed by atoms with E-state index in [1.54, 1.807) is 6.07 Å². The van der Waals surface area contributed by atoms with E-state index in [9.17, 15) is 0 Å². The average molecular weight is 483 g/mol. The molecule has 0 fully saturated rings. The van der Waals surface area contributed by atoms with Gasteiger partial charge in [-0.1, -0.05) is 54.6 Å². The minimum atomic E-state index is -0.143. The monoisotopic (exact) mass is 482 g/mol. The summed E-state index contributed by atoms with van der Waals surface area (Å²) in [6.45, 7) is 4.70. The maximum atomic E-state index is 15.5. The lowest BCUT2D eigenvalue weighted by atomic mass is 9.78. The second-order valence-corrected chi connectivity index (χ2v) is 9.96. The van der Waals surface area contributed by atoms with Gasteiger partial charge in [0, 0.05) is 35.4 Å². The van der Waals surface area contributed by atoms with Gasteiger partial charge in [0.1, 0.15) is 5.82 Å². The second kappa shape index (κ2) is 8.63. The third kappa shape index (κ3) is 3.46. The van der Waals surface area contributed by atoms with Crippen molar-refractivity contribution < 1.29 is 13.5 Å². The minimum Gasteiger partial charge on any atom is -0.207 e. The molecule has 0 radical (unpaired) electrons. The van der Waals surface area contributed by atoms with Gasteiger partial charge >= 0.3 is 0 Å². The molecule has 0 amide bonds. The van der Waals surface area contributed by atoms with Crippen LogP contribution in [0.25, 0.3) is 39.3 Å². The Morgan fingerprint density at radius 1 is 0.703 bits per heavy atom. The second-order valence-electron chi connectivity index (χ2n) is 9.96. The molecule has 4 heterocycles. The van der Waals surface area contributed by atoms with Crippen molar-refractivity contribution in [3.8, 4) is 33.6 Å². The van der Waals surface area contributed by atoms with E-state index in [2.05, 4.69) is 106 Å². The standard InChI is InChI=1S/C34H27FN2/c1-23-34-30(26-12-5-6-13-28(26)32-16-7-8-20-37(32)34)18-17-27-29(14-9-15-31(27)35)33-22-25(19-21-36(23)33)24-10-3-2-4-11-24/h2-16,19-22,30,34H,1,17-18H2/q+2. The van der Waals surface area contributed by atoms with Crippen LogP contribution in [0.15, 0.2) is 122 Å². The first-order chi connectivity index (χ1) is 18.2. The third-order valence-electron chi connectivity index (χ3n) is 8.02. The van der Waals surface area contributed by atoms with Gasteiger partial charge in [-0.15, -0.1) is 0 Å².